The molecule has 0 fully saturated rings. The molecule has 45 heavy (non-hydrogen) atoms. The van der Waals surface area contributed by atoms with E-state index in [-0.39, 0.29) is 18.2 Å². The highest BCUT2D eigenvalue weighted by molar-refractivity contribution is 9.10. The van der Waals surface area contributed by atoms with E-state index in [2.05, 4.69) is 40.2 Å². The summed E-state index contributed by atoms with van der Waals surface area (Å²) < 4.78 is 20.5. The molecule has 0 unspecified atom stereocenters. The van der Waals surface area contributed by atoms with Crippen molar-refractivity contribution in [3.63, 3.8) is 0 Å². The molecule has 0 amide bonds. The van der Waals surface area contributed by atoms with Crippen LogP contribution in [0.15, 0.2) is 105 Å². The third-order valence-electron chi connectivity index (χ3n) is 8.16. The predicted molar refractivity (Wildman–Crippen MR) is 182 cm³/mol. The van der Waals surface area contributed by atoms with Crippen LogP contribution in [0.1, 0.15) is 40.3 Å². The standard InChI is InChI=1S/C36H28BrClN2O4S/c1-42-25-11-7-10-23(19-25)33-27-15-14-22-8-3-5-12-26(22)32(27)39-36-40(33)35(41)31(45-36)18-21-16-28(37)34(30(17-21)43-2)44-20-24-9-4-6-13-29(24)38/h3-13,16-19,33H,14-15,20H2,1-2H3/b31-18+/t33-/m1/s1. The molecule has 226 valence electrons. The van der Waals surface area contributed by atoms with Crippen LogP contribution in [0.5, 0.6) is 17.2 Å². The van der Waals surface area contributed by atoms with Gasteiger partial charge in [-0.1, -0.05) is 77.5 Å². The molecule has 0 spiro atoms. The number of ether oxygens (including phenoxy) is 3. The number of halogens is 2. The number of thiazole rings is 1. The molecule has 5 aromatic rings. The third-order valence-corrected chi connectivity index (χ3v) is 10.1. The molecule has 7 rings (SSSR count). The van der Waals surface area contributed by atoms with Crippen molar-refractivity contribution in [3.8, 4) is 17.2 Å². The van der Waals surface area contributed by atoms with Crippen molar-refractivity contribution in [3.05, 3.63) is 148 Å². The summed E-state index contributed by atoms with van der Waals surface area (Å²) in [5, 5.41) is 0.636. The van der Waals surface area contributed by atoms with Crippen LogP contribution < -0.4 is 29.1 Å². The largest absolute Gasteiger partial charge is 0.497 e. The Morgan fingerprint density at radius 3 is 2.64 bits per heavy atom. The zero-order chi connectivity index (χ0) is 31.1. The number of aromatic nitrogens is 1. The van der Waals surface area contributed by atoms with Gasteiger partial charge in [0.05, 0.1) is 35.0 Å². The fraction of sp³-hybridized carbons (Fsp3) is 0.167. The summed E-state index contributed by atoms with van der Waals surface area (Å²) in [6, 6.07) is 27.4. The summed E-state index contributed by atoms with van der Waals surface area (Å²) in [6.07, 6.45) is 3.60. The topological polar surface area (TPSA) is 62.0 Å². The van der Waals surface area contributed by atoms with Crippen molar-refractivity contribution in [2.45, 2.75) is 25.5 Å². The first-order valence-corrected chi connectivity index (χ1v) is 16.4. The molecule has 1 aliphatic heterocycles. The molecule has 0 saturated heterocycles. The average molecular weight is 700 g/mol. The number of hydrogen-bond acceptors (Lipinski definition) is 6. The van der Waals surface area contributed by atoms with Gasteiger partial charge < -0.3 is 14.2 Å². The Balaban J connectivity index is 1.34. The molecule has 0 radical (unpaired) electrons. The number of methoxy groups -OCH3 is 2. The first-order chi connectivity index (χ1) is 21.9. The van der Waals surface area contributed by atoms with E-state index in [1.54, 1.807) is 14.2 Å². The van der Waals surface area contributed by atoms with Gasteiger partial charge in [-0.25, -0.2) is 4.99 Å². The lowest BCUT2D eigenvalue weighted by Gasteiger charge is -2.31. The summed E-state index contributed by atoms with van der Waals surface area (Å²) in [4.78, 5) is 20.0. The SMILES string of the molecule is COc1cccc([C@@H]2C3=C(N=c4s/c(=C/c5cc(Br)c(OCc6ccccc6Cl)c(OC)c5)c(=O)n42)c2ccccc2CC3)c1. The van der Waals surface area contributed by atoms with Crippen LogP contribution in [0, 0.1) is 0 Å². The minimum atomic E-state index is -0.288. The number of allylic oxidation sites excluding steroid dienone is 1. The minimum Gasteiger partial charge on any atom is -0.497 e. The molecule has 1 atom stereocenters. The number of benzene rings is 4. The maximum atomic E-state index is 14.2. The Hall–Kier alpha value is -4.11. The maximum absolute atomic E-state index is 14.2. The van der Waals surface area contributed by atoms with E-state index >= 15 is 0 Å². The number of rotatable bonds is 7. The first kappa shape index (κ1) is 29.6. The van der Waals surface area contributed by atoms with Gasteiger partial charge in [-0.3, -0.25) is 9.36 Å². The average Bonchev–Trinajstić information content (AvgIpc) is 3.37. The lowest BCUT2D eigenvalue weighted by atomic mass is 9.83. The molecule has 2 aliphatic rings. The van der Waals surface area contributed by atoms with E-state index in [9.17, 15) is 4.79 Å². The summed E-state index contributed by atoms with van der Waals surface area (Å²) in [5.41, 5.74) is 7.07. The highest BCUT2D eigenvalue weighted by Crippen LogP contribution is 2.42. The molecule has 4 aromatic carbocycles. The molecule has 0 N–H and O–H groups in total. The van der Waals surface area contributed by atoms with Gasteiger partial charge in [0.1, 0.15) is 12.4 Å². The van der Waals surface area contributed by atoms with Crippen molar-refractivity contribution >= 4 is 50.6 Å². The monoisotopic (exact) mass is 698 g/mol. The van der Waals surface area contributed by atoms with Crippen molar-refractivity contribution in [2.24, 2.45) is 4.99 Å². The Labute approximate surface area is 277 Å². The highest BCUT2D eigenvalue weighted by atomic mass is 79.9. The van der Waals surface area contributed by atoms with Gasteiger partial charge in [-0.2, -0.15) is 0 Å². The van der Waals surface area contributed by atoms with Gasteiger partial charge in [0.25, 0.3) is 5.56 Å². The molecule has 1 aromatic heterocycles. The lowest BCUT2D eigenvalue weighted by Crippen LogP contribution is -2.38. The zero-order valence-electron chi connectivity index (χ0n) is 24.6. The van der Waals surface area contributed by atoms with Crippen molar-refractivity contribution in [1.82, 2.24) is 4.57 Å². The molecule has 6 nitrogen and oxygen atoms in total. The van der Waals surface area contributed by atoms with E-state index in [4.69, 9.17) is 30.8 Å². The molecule has 1 aliphatic carbocycles. The molecular weight excluding hydrogens is 672 g/mol. The van der Waals surface area contributed by atoms with E-state index < -0.39 is 0 Å². The van der Waals surface area contributed by atoms with Gasteiger partial charge in [0, 0.05) is 16.1 Å². The van der Waals surface area contributed by atoms with Crippen LogP contribution in [-0.4, -0.2) is 18.8 Å². The third kappa shape index (κ3) is 5.52. The van der Waals surface area contributed by atoms with Crippen molar-refractivity contribution < 1.29 is 14.2 Å². The number of nitrogens with zero attached hydrogens (tertiary/aromatic N) is 2. The molecule has 9 heteroatoms. The van der Waals surface area contributed by atoms with Crippen molar-refractivity contribution in [1.29, 1.82) is 0 Å². The summed E-state index contributed by atoms with van der Waals surface area (Å²) in [6.45, 7) is 0.282. The van der Waals surface area contributed by atoms with Crippen LogP contribution in [0.2, 0.25) is 5.02 Å². The van der Waals surface area contributed by atoms with E-state index in [0.29, 0.717) is 30.3 Å². The smallest absolute Gasteiger partial charge is 0.271 e. The number of fused-ring (bicyclic) bond motifs is 3. The fourth-order valence-electron chi connectivity index (χ4n) is 6.01. The van der Waals surface area contributed by atoms with Gasteiger partial charge in [0.2, 0.25) is 0 Å². The van der Waals surface area contributed by atoms with Crippen LogP contribution in [0.25, 0.3) is 11.8 Å². The number of aryl methyl sites for hydroxylation is 1. The normalized spacial score (nSPS) is 15.6. The van der Waals surface area contributed by atoms with E-state index in [1.807, 2.05) is 71.3 Å². The highest BCUT2D eigenvalue weighted by Gasteiger charge is 2.32. The fourth-order valence-corrected chi connectivity index (χ4v) is 7.78. The van der Waals surface area contributed by atoms with Crippen LogP contribution in [0.4, 0.5) is 0 Å². The van der Waals surface area contributed by atoms with Gasteiger partial charge in [-0.05, 0) is 87.4 Å². The maximum Gasteiger partial charge on any atom is 0.271 e. The lowest BCUT2D eigenvalue weighted by molar-refractivity contribution is 0.282. The Kier molecular flexibility index (Phi) is 8.12. The Bertz CT molecular complexity index is 2170. The summed E-state index contributed by atoms with van der Waals surface area (Å²) in [5.74, 6) is 1.84. The second-order valence-electron chi connectivity index (χ2n) is 10.8. The Morgan fingerprint density at radius 2 is 1.82 bits per heavy atom. The number of hydrogen-bond donors (Lipinski definition) is 0. The second kappa shape index (κ2) is 12.4. The van der Waals surface area contributed by atoms with E-state index in [1.165, 1.54) is 16.9 Å². The molecular formula is C36H28BrClN2O4S. The van der Waals surface area contributed by atoms with Crippen LogP contribution in [0.3, 0.4) is 0 Å². The van der Waals surface area contributed by atoms with Gasteiger partial charge >= 0.3 is 0 Å². The molecule has 2 heterocycles. The second-order valence-corrected chi connectivity index (χ2v) is 13.1. The summed E-state index contributed by atoms with van der Waals surface area (Å²) >= 11 is 11.4. The quantitative estimate of drug-likeness (QED) is 0.179. The molecule has 0 saturated carbocycles. The van der Waals surface area contributed by atoms with Crippen LogP contribution in [-0.2, 0) is 13.0 Å². The van der Waals surface area contributed by atoms with Crippen LogP contribution >= 0.6 is 38.9 Å². The van der Waals surface area contributed by atoms with E-state index in [0.717, 1.165) is 52.1 Å². The zero-order valence-corrected chi connectivity index (χ0v) is 27.7. The van der Waals surface area contributed by atoms with Gasteiger partial charge in [0.15, 0.2) is 16.3 Å². The predicted octanol–water partition coefficient (Wildman–Crippen LogP) is 7.33. The minimum absolute atomic E-state index is 0.0916. The first-order valence-electron chi connectivity index (χ1n) is 14.5. The van der Waals surface area contributed by atoms with Crippen molar-refractivity contribution in [2.75, 3.05) is 14.2 Å². The van der Waals surface area contributed by atoms with Gasteiger partial charge in [-0.15, -0.1) is 0 Å². The Morgan fingerprint density at radius 1 is 1.00 bits per heavy atom. The summed E-state index contributed by atoms with van der Waals surface area (Å²) in [7, 11) is 3.25. The molecule has 0 bridgehead atoms.